The molecular formula is C15H17ClN2S. The first kappa shape index (κ1) is 13.1. The van der Waals surface area contributed by atoms with Gasteiger partial charge in [-0.05, 0) is 49.3 Å². The minimum Gasteiger partial charge on any atom is -0.380 e. The Morgan fingerprint density at radius 3 is 3.16 bits per heavy atom. The van der Waals surface area contributed by atoms with Crippen LogP contribution in [-0.4, -0.2) is 22.5 Å². The van der Waals surface area contributed by atoms with Gasteiger partial charge in [-0.15, -0.1) is 0 Å². The zero-order chi connectivity index (χ0) is 13.2. The van der Waals surface area contributed by atoms with Crippen molar-refractivity contribution in [2.24, 2.45) is 0 Å². The lowest BCUT2D eigenvalue weighted by molar-refractivity contribution is 0.686. The van der Waals surface area contributed by atoms with Gasteiger partial charge in [0.15, 0.2) is 0 Å². The van der Waals surface area contributed by atoms with Crippen molar-refractivity contribution < 1.29 is 0 Å². The number of aryl methyl sites for hydroxylation is 1. The molecule has 1 fully saturated rings. The number of hydrogen-bond donors (Lipinski definition) is 1. The Labute approximate surface area is 122 Å². The molecule has 2 nitrogen and oxygen atoms in total. The first-order valence-corrected chi connectivity index (χ1v) is 8.17. The molecule has 0 aliphatic carbocycles. The van der Waals surface area contributed by atoms with Gasteiger partial charge in [0, 0.05) is 23.4 Å². The monoisotopic (exact) mass is 292 g/mol. The van der Waals surface area contributed by atoms with Crippen LogP contribution < -0.4 is 5.32 Å². The molecule has 1 aromatic carbocycles. The summed E-state index contributed by atoms with van der Waals surface area (Å²) >= 11 is 8.45. The first-order valence-electron chi connectivity index (χ1n) is 6.64. The smallest absolute Gasteiger partial charge is 0.0752 e. The largest absolute Gasteiger partial charge is 0.380 e. The van der Waals surface area contributed by atoms with Crippen molar-refractivity contribution >= 4 is 40.0 Å². The van der Waals surface area contributed by atoms with Crippen LogP contribution in [0.4, 0.5) is 5.69 Å². The van der Waals surface area contributed by atoms with Crippen LogP contribution in [0, 0.1) is 6.92 Å². The van der Waals surface area contributed by atoms with E-state index in [1.54, 1.807) is 0 Å². The van der Waals surface area contributed by atoms with Gasteiger partial charge in [-0.1, -0.05) is 11.6 Å². The number of halogens is 1. The molecule has 100 valence electrons. The van der Waals surface area contributed by atoms with Crippen molar-refractivity contribution in [1.29, 1.82) is 0 Å². The van der Waals surface area contributed by atoms with Gasteiger partial charge < -0.3 is 5.32 Å². The minimum absolute atomic E-state index is 0.516. The second-order valence-electron chi connectivity index (χ2n) is 5.01. The molecule has 0 bridgehead atoms. The maximum atomic E-state index is 6.43. The summed E-state index contributed by atoms with van der Waals surface area (Å²) in [6.07, 6.45) is 4.34. The molecule has 4 heteroatoms. The number of pyridine rings is 1. The van der Waals surface area contributed by atoms with Crippen LogP contribution in [0.2, 0.25) is 5.02 Å². The fourth-order valence-electron chi connectivity index (χ4n) is 2.59. The van der Waals surface area contributed by atoms with Crippen molar-refractivity contribution in [2.75, 3.05) is 16.8 Å². The van der Waals surface area contributed by atoms with E-state index in [0.29, 0.717) is 6.04 Å². The summed E-state index contributed by atoms with van der Waals surface area (Å²) in [6, 6.07) is 6.59. The third-order valence-corrected chi connectivity index (χ3v) is 5.05. The molecule has 1 aromatic heterocycles. The molecule has 0 saturated carbocycles. The number of rotatable bonds is 2. The predicted molar refractivity (Wildman–Crippen MR) is 85.5 cm³/mol. The van der Waals surface area contributed by atoms with Crippen molar-refractivity contribution in [2.45, 2.75) is 25.8 Å². The maximum absolute atomic E-state index is 6.43. The third-order valence-electron chi connectivity index (χ3n) is 3.54. The molecule has 1 aliphatic rings. The van der Waals surface area contributed by atoms with E-state index in [1.165, 1.54) is 18.6 Å². The minimum atomic E-state index is 0.516. The molecule has 0 spiro atoms. The lowest BCUT2D eigenvalue weighted by Gasteiger charge is -2.25. The predicted octanol–water partition coefficient (Wildman–Crippen LogP) is 4.50. The summed E-state index contributed by atoms with van der Waals surface area (Å²) in [5, 5.41) is 5.55. The molecule has 3 rings (SSSR count). The van der Waals surface area contributed by atoms with Gasteiger partial charge in [-0.3, -0.25) is 4.98 Å². The lowest BCUT2D eigenvalue weighted by atomic mass is 10.1. The molecule has 1 N–H and O–H groups in total. The summed E-state index contributed by atoms with van der Waals surface area (Å²) in [6.45, 7) is 2.06. The summed E-state index contributed by atoms with van der Waals surface area (Å²) in [4.78, 5) is 4.47. The Balaban J connectivity index is 2.01. The SMILES string of the molecule is Cc1cc(Cl)c(NC2CCCSC2)c2cccnc12. The lowest BCUT2D eigenvalue weighted by Crippen LogP contribution is -2.26. The van der Waals surface area contributed by atoms with Gasteiger partial charge in [0.25, 0.3) is 0 Å². The molecule has 19 heavy (non-hydrogen) atoms. The summed E-state index contributed by atoms with van der Waals surface area (Å²) in [5.41, 5.74) is 3.21. The van der Waals surface area contributed by atoms with Crippen molar-refractivity contribution in [3.8, 4) is 0 Å². The Morgan fingerprint density at radius 2 is 2.37 bits per heavy atom. The molecule has 0 radical (unpaired) electrons. The van der Waals surface area contributed by atoms with Gasteiger partial charge in [0.2, 0.25) is 0 Å². The maximum Gasteiger partial charge on any atom is 0.0752 e. The molecule has 0 amide bonds. The molecule has 2 heterocycles. The molecule has 1 atom stereocenters. The van der Waals surface area contributed by atoms with Crippen molar-refractivity contribution in [3.05, 3.63) is 35.0 Å². The third kappa shape index (κ3) is 2.67. The van der Waals surface area contributed by atoms with Crippen LogP contribution in [0.25, 0.3) is 10.9 Å². The summed E-state index contributed by atoms with van der Waals surface area (Å²) in [5.74, 6) is 2.44. The van der Waals surface area contributed by atoms with E-state index in [4.69, 9.17) is 11.6 Å². The fraction of sp³-hybridized carbons (Fsp3) is 0.400. The Hall–Kier alpha value is -0.930. The zero-order valence-corrected chi connectivity index (χ0v) is 12.5. The zero-order valence-electron chi connectivity index (χ0n) is 10.9. The number of benzene rings is 1. The van der Waals surface area contributed by atoms with E-state index in [2.05, 4.69) is 23.3 Å². The molecule has 1 saturated heterocycles. The number of anilines is 1. The Kier molecular flexibility index (Phi) is 3.85. The summed E-state index contributed by atoms with van der Waals surface area (Å²) < 4.78 is 0. The molecular weight excluding hydrogens is 276 g/mol. The molecule has 1 unspecified atom stereocenters. The van der Waals surface area contributed by atoms with E-state index < -0.39 is 0 Å². The number of aromatic nitrogens is 1. The van der Waals surface area contributed by atoms with Crippen molar-refractivity contribution in [3.63, 3.8) is 0 Å². The van der Waals surface area contributed by atoms with Gasteiger partial charge in [0.05, 0.1) is 16.2 Å². The number of hydrogen-bond acceptors (Lipinski definition) is 3. The fourth-order valence-corrected chi connectivity index (χ4v) is 3.98. The Bertz CT molecular complexity index is 594. The van der Waals surface area contributed by atoms with E-state index in [9.17, 15) is 0 Å². The number of nitrogens with one attached hydrogen (secondary N) is 1. The number of nitrogens with zero attached hydrogens (tertiary/aromatic N) is 1. The van der Waals surface area contributed by atoms with E-state index in [0.717, 1.165) is 32.9 Å². The second kappa shape index (κ2) is 5.59. The Morgan fingerprint density at radius 1 is 1.47 bits per heavy atom. The molecule has 1 aliphatic heterocycles. The van der Waals surface area contributed by atoms with Gasteiger partial charge in [0.1, 0.15) is 0 Å². The van der Waals surface area contributed by atoms with Gasteiger partial charge in [-0.25, -0.2) is 0 Å². The van der Waals surface area contributed by atoms with Crippen LogP contribution in [0.1, 0.15) is 18.4 Å². The molecule has 2 aromatic rings. The number of fused-ring (bicyclic) bond motifs is 1. The van der Waals surface area contributed by atoms with E-state index in [1.807, 2.05) is 30.1 Å². The van der Waals surface area contributed by atoms with Gasteiger partial charge in [-0.2, -0.15) is 11.8 Å². The quantitative estimate of drug-likeness (QED) is 0.882. The van der Waals surface area contributed by atoms with Crippen LogP contribution in [0.5, 0.6) is 0 Å². The topological polar surface area (TPSA) is 24.9 Å². The highest BCUT2D eigenvalue weighted by Crippen LogP contribution is 2.34. The van der Waals surface area contributed by atoms with Crippen molar-refractivity contribution in [1.82, 2.24) is 4.98 Å². The summed E-state index contributed by atoms with van der Waals surface area (Å²) in [7, 11) is 0. The van der Waals surface area contributed by atoms with Crippen LogP contribution >= 0.6 is 23.4 Å². The number of thioether (sulfide) groups is 1. The standard InChI is InChI=1S/C15H17ClN2S/c1-10-8-13(16)15(12-5-2-6-17-14(10)12)18-11-4-3-7-19-9-11/h2,5-6,8,11,18H,3-4,7,9H2,1H3. The van der Waals surface area contributed by atoms with Crippen LogP contribution in [-0.2, 0) is 0 Å². The van der Waals surface area contributed by atoms with E-state index >= 15 is 0 Å². The van der Waals surface area contributed by atoms with Crippen LogP contribution in [0.3, 0.4) is 0 Å². The van der Waals surface area contributed by atoms with Crippen LogP contribution in [0.15, 0.2) is 24.4 Å². The average molecular weight is 293 g/mol. The van der Waals surface area contributed by atoms with Gasteiger partial charge >= 0.3 is 0 Å². The average Bonchev–Trinajstić information content (AvgIpc) is 2.45. The highest BCUT2D eigenvalue weighted by Gasteiger charge is 2.17. The highest BCUT2D eigenvalue weighted by molar-refractivity contribution is 7.99. The highest BCUT2D eigenvalue weighted by atomic mass is 35.5. The normalized spacial score (nSPS) is 19.6. The first-order chi connectivity index (χ1) is 9.25. The van der Waals surface area contributed by atoms with E-state index in [-0.39, 0.29) is 0 Å². The second-order valence-corrected chi connectivity index (χ2v) is 6.57.